The lowest BCUT2D eigenvalue weighted by atomic mass is 10.4. The van der Waals surface area contributed by atoms with Crippen molar-refractivity contribution < 1.29 is 9.47 Å². The zero-order valence-electron chi connectivity index (χ0n) is 10.2. The lowest BCUT2D eigenvalue weighted by molar-refractivity contribution is 0.170. The second kappa shape index (κ2) is 6.51. The Morgan fingerprint density at radius 2 is 2.24 bits per heavy atom. The average Bonchev–Trinajstić information content (AvgIpc) is 3.17. The number of methoxy groups -OCH3 is 1. The van der Waals surface area contributed by atoms with Gasteiger partial charge < -0.3 is 14.8 Å². The lowest BCUT2D eigenvalue weighted by Gasteiger charge is -2.06. The maximum Gasteiger partial charge on any atom is 0.232 e. The van der Waals surface area contributed by atoms with Gasteiger partial charge in [0.1, 0.15) is 0 Å². The third-order valence-corrected chi connectivity index (χ3v) is 2.55. The van der Waals surface area contributed by atoms with E-state index in [-0.39, 0.29) is 0 Å². The van der Waals surface area contributed by atoms with Crippen molar-refractivity contribution in [2.24, 2.45) is 0 Å². The molecule has 17 heavy (non-hydrogen) atoms. The first-order valence-corrected chi connectivity index (χ1v) is 6.04. The van der Waals surface area contributed by atoms with Crippen LogP contribution in [0, 0.1) is 0 Å². The molecule has 0 unspecified atom stereocenters. The Balaban J connectivity index is 1.74. The number of ether oxygens (including phenoxy) is 2. The summed E-state index contributed by atoms with van der Waals surface area (Å²) in [7, 11) is 1.68. The molecule has 2 rings (SSSR count). The monoisotopic (exact) mass is 237 g/mol. The van der Waals surface area contributed by atoms with Crippen LogP contribution in [0.25, 0.3) is 0 Å². The summed E-state index contributed by atoms with van der Waals surface area (Å²) >= 11 is 0. The van der Waals surface area contributed by atoms with Gasteiger partial charge >= 0.3 is 0 Å². The molecule has 1 aromatic rings. The van der Waals surface area contributed by atoms with Gasteiger partial charge in [0, 0.05) is 38.9 Å². The predicted molar refractivity (Wildman–Crippen MR) is 63.9 cm³/mol. The van der Waals surface area contributed by atoms with E-state index in [2.05, 4.69) is 15.3 Å². The van der Waals surface area contributed by atoms with E-state index in [1.54, 1.807) is 19.5 Å². The predicted octanol–water partition coefficient (Wildman–Crippen LogP) is 1.14. The topological polar surface area (TPSA) is 56.3 Å². The van der Waals surface area contributed by atoms with Gasteiger partial charge in [0.2, 0.25) is 5.88 Å². The van der Waals surface area contributed by atoms with Gasteiger partial charge in [-0.2, -0.15) is 0 Å². The van der Waals surface area contributed by atoms with Crippen molar-refractivity contribution in [3.05, 3.63) is 18.1 Å². The number of nitrogens with one attached hydrogen (secondary N) is 1. The van der Waals surface area contributed by atoms with E-state index in [1.165, 1.54) is 12.8 Å². The molecule has 5 heteroatoms. The van der Waals surface area contributed by atoms with Crippen LogP contribution in [0.5, 0.6) is 5.88 Å². The van der Waals surface area contributed by atoms with Crippen LogP contribution in [0.4, 0.5) is 0 Å². The number of nitrogens with zero attached hydrogens (tertiary/aromatic N) is 2. The minimum Gasteiger partial charge on any atom is -0.476 e. The minimum atomic E-state index is 0.594. The summed E-state index contributed by atoms with van der Waals surface area (Å²) in [5, 5.41) is 3.40. The first-order chi connectivity index (χ1) is 8.38. The summed E-state index contributed by atoms with van der Waals surface area (Å²) in [6.07, 6.45) is 6.84. The molecule has 0 saturated heterocycles. The number of rotatable bonds is 8. The number of hydrogen-bond donors (Lipinski definition) is 1. The van der Waals surface area contributed by atoms with Crippen molar-refractivity contribution in [3.63, 3.8) is 0 Å². The molecule has 0 bridgehead atoms. The van der Waals surface area contributed by atoms with Crippen molar-refractivity contribution in [1.82, 2.24) is 15.3 Å². The second-order valence-electron chi connectivity index (χ2n) is 4.20. The molecule has 1 saturated carbocycles. The van der Waals surface area contributed by atoms with E-state index in [0.29, 0.717) is 25.1 Å². The summed E-state index contributed by atoms with van der Waals surface area (Å²) in [5.74, 6) is 0.594. The van der Waals surface area contributed by atoms with Gasteiger partial charge in [0.05, 0.1) is 18.5 Å². The summed E-state index contributed by atoms with van der Waals surface area (Å²) in [6, 6.07) is 0.683. The van der Waals surface area contributed by atoms with Gasteiger partial charge in [-0.15, -0.1) is 0 Å². The van der Waals surface area contributed by atoms with Crippen molar-refractivity contribution in [1.29, 1.82) is 0 Å². The van der Waals surface area contributed by atoms with Crippen LogP contribution >= 0.6 is 0 Å². The number of aromatic nitrogens is 2. The average molecular weight is 237 g/mol. The number of hydrogen-bond acceptors (Lipinski definition) is 5. The highest BCUT2D eigenvalue weighted by atomic mass is 16.5. The molecule has 1 fully saturated rings. The molecule has 1 aliphatic carbocycles. The zero-order chi connectivity index (χ0) is 11.9. The van der Waals surface area contributed by atoms with E-state index in [0.717, 1.165) is 18.7 Å². The smallest absolute Gasteiger partial charge is 0.232 e. The Hall–Kier alpha value is -1.20. The largest absolute Gasteiger partial charge is 0.476 e. The quantitative estimate of drug-likeness (QED) is 0.687. The first-order valence-electron chi connectivity index (χ1n) is 6.04. The summed E-state index contributed by atoms with van der Waals surface area (Å²) in [4.78, 5) is 8.51. The van der Waals surface area contributed by atoms with Gasteiger partial charge in [0.25, 0.3) is 0 Å². The Morgan fingerprint density at radius 3 is 3.00 bits per heavy atom. The summed E-state index contributed by atoms with van der Waals surface area (Å²) < 4.78 is 10.4. The normalized spacial score (nSPS) is 14.9. The maximum absolute atomic E-state index is 5.49. The van der Waals surface area contributed by atoms with Crippen molar-refractivity contribution in [3.8, 4) is 5.88 Å². The fourth-order valence-corrected chi connectivity index (χ4v) is 1.46. The van der Waals surface area contributed by atoms with E-state index in [4.69, 9.17) is 9.47 Å². The molecule has 1 aliphatic rings. The third-order valence-electron chi connectivity index (χ3n) is 2.55. The van der Waals surface area contributed by atoms with Crippen LogP contribution in [0.2, 0.25) is 0 Å². The Labute approximate surface area is 102 Å². The molecule has 94 valence electrons. The highest BCUT2D eigenvalue weighted by molar-refractivity contribution is 5.08. The SMILES string of the molecule is COCCCOc1cncc(CNC2CC2)n1. The van der Waals surface area contributed by atoms with Crippen molar-refractivity contribution in [2.45, 2.75) is 31.8 Å². The van der Waals surface area contributed by atoms with Gasteiger partial charge in [-0.3, -0.25) is 4.98 Å². The molecule has 5 nitrogen and oxygen atoms in total. The van der Waals surface area contributed by atoms with E-state index >= 15 is 0 Å². The van der Waals surface area contributed by atoms with Crippen LogP contribution in [-0.2, 0) is 11.3 Å². The Bertz CT molecular complexity index is 342. The molecule has 0 amide bonds. The molecular weight excluding hydrogens is 218 g/mol. The Kier molecular flexibility index (Phi) is 4.70. The molecule has 0 aliphatic heterocycles. The van der Waals surface area contributed by atoms with Crippen molar-refractivity contribution >= 4 is 0 Å². The summed E-state index contributed by atoms with van der Waals surface area (Å²) in [5.41, 5.74) is 0.932. The van der Waals surface area contributed by atoms with Gasteiger partial charge in [-0.25, -0.2) is 4.98 Å². The van der Waals surface area contributed by atoms with Crippen molar-refractivity contribution in [2.75, 3.05) is 20.3 Å². The molecule has 0 aromatic carbocycles. The van der Waals surface area contributed by atoms with Crippen LogP contribution in [-0.4, -0.2) is 36.3 Å². The van der Waals surface area contributed by atoms with Crippen LogP contribution in [0.15, 0.2) is 12.4 Å². The molecule has 0 radical (unpaired) electrons. The fourth-order valence-electron chi connectivity index (χ4n) is 1.46. The fraction of sp³-hybridized carbons (Fsp3) is 0.667. The zero-order valence-corrected chi connectivity index (χ0v) is 10.2. The summed E-state index contributed by atoms with van der Waals surface area (Å²) in [6.45, 7) is 2.09. The minimum absolute atomic E-state index is 0.594. The Morgan fingerprint density at radius 1 is 1.35 bits per heavy atom. The van der Waals surface area contributed by atoms with Gasteiger partial charge in [-0.05, 0) is 12.8 Å². The molecule has 1 heterocycles. The molecular formula is C12H19N3O2. The van der Waals surface area contributed by atoms with Crippen LogP contribution in [0.3, 0.4) is 0 Å². The molecule has 0 atom stereocenters. The first kappa shape index (κ1) is 12.3. The third kappa shape index (κ3) is 4.66. The molecule has 1 N–H and O–H groups in total. The standard InChI is InChI=1S/C12H19N3O2/c1-16-5-2-6-17-12-9-13-7-11(15-12)8-14-10-3-4-10/h7,9-10,14H,2-6,8H2,1H3. The lowest BCUT2D eigenvalue weighted by Crippen LogP contribution is -2.16. The highest BCUT2D eigenvalue weighted by Gasteiger charge is 2.20. The highest BCUT2D eigenvalue weighted by Crippen LogP contribution is 2.19. The molecule has 0 spiro atoms. The van der Waals surface area contributed by atoms with E-state index < -0.39 is 0 Å². The maximum atomic E-state index is 5.49. The van der Waals surface area contributed by atoms with Gasteiger partial charge in [0.15, 0.2) is 0 Å². The van der Waals surface area contributed by atoms with Crippen LogP contribution < -0.4 is 10.1 Å². The second-order valence-corrected chi connectivity index (χ2v) is 4.20. The van der Waals surface area contributed by atoms with E-state index in [9.17, 15) is 0 Å². The van der Waals surface area contributed by atoms with Crippen LogP contribution in [0.1, 0.15) is 25.0 Å². The van der Waals surface area contributed by atoms with E-state index in [1.807, 2.05) is 0 Å². The molecule has 1 aromatic heterocycles. The van der Waals surface area contributed by atoms with Gasteiger partial charge in [-0.1, -0.05) is 0 Å².